The Bertz CT molecular complexity index is 779. The molecule has 0 N–H and O–H groups in total. The third-order valence-corrected chi connectivity index (χ3v) is 3.97. The number of thiophene rings is 1. The zero-order valence-electron chi connectivity index (χ0n) is 10.5. The Morgan fingerprint density at radius 2 is 2.16 bits per heavy atom. The van der Waals surface area contributed by atoms with E-state index in [1.54, 1.807) is 23.5 Å². The van der Waals surface area contributed by atoms with Crippen LogP contribution in [0.15, 0.2) is 29.8 Å². The third-order valence-electron chi connectivity index (χ3n) is 3.01. The number of benzene rings is 1. The maximum absolute atomic E-state index is 11.8. The smallest absolute Gasteiger partial charge is 0.341 e. The first-order chi connectivity index (χ1) is 9.24. The minimum absolute atomic E-state index is 0.410. The summed E-state index contributed by atoms with van der Waals surface area (Å²) in [6, 6.07) is 5.56. The summed E-state index contributed by atoms with van der Waals surface area (Å²) in [5, 5.41) is 4.01. The fraction of sp³-hybridized carbons (Fsp3) is 0.143. The van der Waals surface area contributed by atoms with Crippen LogP contribution in [0.3, 0.4) is 0 Å². The molecule has 0 aliphatic heterocycles. The zero-order valence-corrected chi connectivity index (χ0v) is 11.3. The molecule has 2 aromatic heterocycles. The Morgan fingerprint density at radius 1 is 1.32 bits per heavy atom. The first-order valence-corrected chi connectivity index (χ1v) is 6.55. The number of carbonyl (C=O) groups is 1. The highest BCUT2D eigenvalue weighted by Gasteiger charge is 2.16. The van der Waals surface area contributed by atoms with E-state index >= 15 is 0 Å². The van der Waals surface area contributed by atoms with Gasteiger partial charge in [0.2, 0.25) is 0 Å². The van der Waals surface area contributed by atoms with Gasteiger partial charge in [0, 0.05) is 27.7 Å². The SMILES string of the molecule is COC(=O)c1cc2c(cc1OC)ncc1ccsc12. The first-order valence-electron chi connectivity index (χ1n) is 5.67. The summed E-state index contributed by atoms with van der Waals surface area (Å²) >= 11 is 1.63. The number of rotatable bonds is 2. The molecular weight excluding hydrogens is 262 g/mol. The van der Waals surface area contributed by atoms with E-state index in [1.165, 1.54) is 14.2 Å². The van der Waals surface area contributed by atoms with Crippen molar-refractivity contribution in [3.8, 4) is 5.75 Å². The maximum atomic E-state index is 11.8. The number of esters is 1. The number of methoxy groups -OCH3 is 2. The van der Waals surface area contributed by atoms with Crippen LogP contribution in [-0.4, -0.2) is 25.2 Å². The standard InChI is InChI=1S/C14H11NO3S/c1-17-12-6-11-9(5-10(12)14(16)18-2)13-8(7-15-11)3-4-19-13/h3-7H,1-2H3. The van der Waals surface area contributed by atoms with Gasteiger partial charge in [0.05, 0.1) is 19.7 Å². The predicted molar refractivity (Wildman–Crippen MR) is 75.0 cm³/mol. The van der Waals surface area contributed by atoms with Crippen molar-refractivity contribution in [2.75, 3.05) is 14.2 Å². The van der Waals surface area contributed by atoms with Crippen LogP contribution in [0.2, 0.25) is 0 Å². The molecule has 0 bridgehead atoms. The fourth-order valence-electron chi connectivity index (χ4n) is 2.07. The van der Waals surface area contributed by atoms with E-state index < -0.39 is 5.97 Å². The van der Waals surface area contributed by atoms with E-state index in [9.17, 15) is 4.79 Å². The molecule has 5 heteroatoms. The fourth-order valence-corrected chi connectivity index (χ4v) is 2.97. The second-order valence-corrected chi connectivity index (χ2v) is 4.94. The normalized spacial score (nSPS) is 10.8. The molecule has 0 saturated heterocycles. The number of carbonyl (C=O) groups excluding carboxylic acids is 1. The van der Waals surface area contributed by atoms with Crippen molar-refractivity contribution in [1.29, 1.82) is 0 Å². The van der Waals surface area contributed by atoms with Crippen molar-refractivity contribution in [1.82, 2.24) is 4.98 Å². The van der Waals surface area contributed by atoms with E-state index in [2.05, 4.69) is 4.98 Å². The minimum Gasteiger partial charge on any atom is -0.496 e. The molecule has 0 saturated carbocycles. The number of hydrogen-bond acceptors (Lipinski definition) is 5. The highest BCUT2D eigenvalue weighted by molar-refractivity contribution is 7.18. The van der Waals surface area contributed by atoms with Crippen molar-refractivity contribution < 1.29 is 14.3 Å². The van der Waals surface area contributed by atoms with Gasteiger partial charge in [0.15, 0.2) is 0 Å². The molecule has 0 aliphatic carbocycles. The van der Waals surface area contributed by atoms with Gasteiger partial charge in [-0.3, -0.25) is 4.98 Å². The summed E-state index contributed by atoms with van der Waals surface area (Å²) in [5.41, 5.74) is 1.22. The molecule has 96 valence electrons. The maximum Gasteiger partial charge on any atom is 0.341 e. The monoisotopic (exact) mass is 273 g/mol. The van der Waals surface area contributed by atoms with Gasteiger partial charge in [-0.15, -0.1) is 11.3 Å². The van der Waals surface area contributed by atoms with Crippen LogP contribution in [0.1, 0.15) is 10.4 Å². The highest BCUT2D eigenvalue weighted by Crippen LogP contribution is 2.32. The van der Waals surface area contributed by atoms with Gasteiger partial charge in [-0.05, 0) is 17.5 Å². The molecule has 1 aromatic carbocycles. The summed E-state index contributed by atoms with van der Waals surface area (Å²) in [4.78, 5) is 16.2. The average molecular weight is 273 g/mol. The van der Waals surface area contributed by atoms with Crippen molar-refractivity contribution in [3.05, 3.63) is 35.3 Å². The van der Waals surface area contributed by atoms with Crippen molar-refractivity contribution in [2.45, 2.75) is 0 Å². The molecule has 0 aliphatic rings. The molecule has 3 aromatic rings. The molecule has 0 unspecified atom stereocenters. The van der Waals surface area contributed by atoms with Crippen molar-refractivity contribution in [3.63, 3.8) is 0 Å². The number of nitrogens with zero attached hydrogens (tertiary/aromatic N) is 1. The zero-order chi connectivity index (χ0) is 13.4. The number of hydrogen-bond donors (Lipinski definition) is 0. The van der Waals surface area contributed by atoms with Gasteiger partial charge < -0.3 is 9.47 Å². The van der Waals surface area contributed by atoms with Crippen LogP contribution in [0, 0.1) is 0 Å². The Morgan fingerprint density at radius 3 is 2.89 bits per heavy atom. The molecule has 0 spiro atoms. The lowest BCUT2D eigenvalue weighted by Gasteiger charge is -2.08. The van der Waals surface area contributed by atoms with Crippen LogP contribution in [-0.2, 0) is 4.74 Å². The Hall–Kier alpha value is -2.14. The van der Waals surface area contributed by atoms with E-state index in [0.29, 0.717) is 11.3 Å². The molecule has 0 atom stereocenters. The average Bonchev–Trinajstić information content (AvgIpc) is 2.93. The van der Waals surface area contributed by atoms with E-state index in [1.807, 2.05) is 17.6 Å². The number of aromatic nitrogens is 1. The molecule has 0 amide bonds. The lowest BCUT2D eigenvalue weighted by molar-refractivity contribution is 0.0597. The number of pyridine rings is 1. The van der Waals surface area contributed by atoms with Crippen LogP contribution < -0.4 is 4.74 Å². The lowest BCUT2D eigenvalue weighted by Crippen LogP contribution is -2.04. The summed E-state index contributed by atoms with van der Waals surface area (Å²) in [6.07, 6.45) is 1.82. The van der Waals surface area contributed by atoms with Crippen molar-refractivity contribution in [2.24, 2.45) is 0 Å². The second kappa shape index (κ2) is 4.51. The topological polar surface area (TPSA) is 48.4 Å². The lowest BCUT2D eigenvalue weighted by atomic mass is 10.1. The molecule has 3 rings (SSSR count). The minimum atomic E-state index is -0.410. The highest BCUT2D eigenvalue weighted by atomic mass is 32.1. The van der Waals surface area contributed by atoms with Gasteiger partial charge >= 0.3 is 5.97 Å². The molecule has 4 nitrogen and oxygen atoms in total. The molecule has 0 radical (unpaired) electrons. The summed E-state index contributed by atoms with van der Waals surface area (Å²) in [6.45, 7) is 0. The molecule has 19 heavy (non-hydrogen) atoms. The number of ether oxygens (including phenoxy) is 2. The largest absolute Gasteiger partial charge is 0.496 e. The Labute approximate surface area is 113 Å². The summed E-state index contributed by atoms with van der Waals surface area (Å²) in [5.74, 6) is 0.0649. The Kier molecular flexibility index (Phi) is 2.83. The van der Waals surface area contributed by atoms with Gasteiger partial charge in [0.1, 0.15) is 11.3 Å². The van der Waals surface area contributed by atoms with Crippen LogP contribution >= 0.6 is 11.3 Å². The molecular formula is C14H11NO3S. The van der Waals surface area contributed by atoms with Crippen LogP contribution in [0.4, 0.5) is 0 Å². The summed E-state index contributed by atoms with van der Waals surface area (Å²) < 4.78 is 11.1. The Balaban J connectivity index is 2.38. The summed E-state index contributed by atoms with van der Waals surface area (Å²) in [7, 11) is 2.88. The van der Waals surface area contributed by atoms with Gasteiger partial charge in [-0.1, -0.05) is 0 Å². The van der Waals surface area contributed by atoms with Crippen LogP contribution in [0.5, 0.6) is 5.75 Å². The van der Waals surface area contributed by atoms with E-state index in [0.717, 1.165) is 21.0 Å². The predicted octanol–water partition coefficient (Wildman–Crippen LogP) is 3.24. The third kappa shape index (κ3) is 1.82. The number of fused-ring (bicyclic) bond motifs is 3. The quantitative estimate of drug-likeness (QED) is 0.672. The second-order valence-electron chi connectivity index (χ2n) is 4.02. The molecule has 2 heterocycles. The van der Waals surface area contributed by atoms with Gasteiger partial charge in [-0.2, -0.15) is 0 Å². The van der Waals surface area contributed by atoms with Crippen molar-refractivity contribution >= 4 is 38.3 Å². The van der Waals surface area contributed by atoms with E-state index in [4.69, 9.17) is 9.47 Å². The van der Waals surface area contributed by atoms with Gasteiger partial charge in [-0.25, -0.2) is 4.79 Å². The van der Waals surface area contributed by atoms with Gasteiger partial charge in [0.25, 0.3) is 0 Å². The van der Waals surface area contributed by atoms with Crippen LogP contribution in [0.25, 0.3) is 21.0 Å². The first kappa shape index (κ1) is 11.9. The molecule has 0 fully saturated rings. The van der Waals surface area contributed by atoms with E-state index in [-0.39, 0.29) is 0 Å².